The van der Waals surface area contributed by atoms with Crippen molar-refractivity contribution in [1.82, 2.24) is 5.32 Å². The Morgan fingerprint density at radius 3 is 2.08 bits per heavy atom. The van der Waals surface area contributed by atoms with Gasteiger partial charge in [-0.25, -0.2) is 9.59 Å². The van der Waals surface area contributed by atoms with Gasteiger partial charge in [-0.2, -0.15) is 0 Å². The quantitative estimate of drug-likeness (QED) is 0.0423. The molecule has 0 bridgehead atoms. The van der Waals surface area contributed by atoms with Crippen molar-refractivity contribution in [3.8, 4) is 51.4 Å². The van der Waals surface area contributed by atoms with Crippen LogP contribution in [0.25, 0.3) is 29.4 Å². The van der Waals surface area contributed by atoms with Gasteiger partial charge in [0.2, 0.25) is 6.10 Å². The van der Waals surface area contributed by atoms with Crippen LogP contribution in [0, 0.1) is 0 Å². The summed E-state index contributed by atoms with van der Waals surface area (Å²) in [6.07, 6.45) is 5.33. The Balaban J connectivity index is 1.48. The van der Waals surface area contributed by atoms with Crippen molar-refractivity contribution < 1.29 is 55.2 Å². The van der Waals surface area contributed by atoms with E-state index in [0.29, 0.717) is 64.8 Å². The highest BCUT2D eigenvalue weighted by Gasteiger charge is 2.33. The molecule has 2 atom stereocenters. The number of nitrogens with one attached hydrogen (secondary N) is 1. The Labute approximate surface area is 287 Å². The maximum atomic E-state index is 13.0. The van der Waals surface area contributed by atoms with Crippen LogP contribution < -0.4 is 5.32 Å². The molecule has 4 aromatic carbocycles. The lowest BCUT2D eigenvalue weighted by molar-refractivity contribution is -0.162. The number of rotatable bonds is 11. The third-order valence-corrected chi connectivity index (χ3v) is 8.60. The van der Waals surface area contributed by atoms with Crippen molar-refractivity contribution in [2.75, 3.05) is 13.1 Å². The maximum Gasteiger partial charge on any atom is 0.345 e. The smallest absolute Gasteiger partial charge is 0.345 e. The molecule has 0 heterocycles. The molecule has 9 N–H and O–H groups in total. The van der Waals surface area contributed by atoms with Crippen molar-refractivity contribution in [3.63, 3.8) is 0 Å². The van der Waals surface area contributed by atoms with Crippen LogP contribution in [-0.2, 0) is 27.2 Å². The number of phenolic OH excluding ortho intramolecular Hbond substituents is 7. The van der Waals surface area contributed by atoms with Crippen LogP contribution >= 0.6 is 0 Å². The topological polar surface area (TPSA) is 217 Å². The van der Waals surface area contributed by atoms with E-state index >= 15 is 0 Å². The number of ether oxygens (including phenoxy) is 1. The molecule has 260 valence electrons. The molecule has 0 saturated carbocycles. The number of likely N-dealkylation sites (N-methyl/N-ethyl adjacent to an activating group) is 1. The lowest BCUT2D eigenvalue weighted by Gasteiger charge is -2.24. The minimum Gasteiger partial charge on any atom is -0.508 e. The molecule has 1 aliphatic rings. The number of carboxylic acids is 1. The Kier molecular flexibility index (Phi) is 10.5. The molecule has 0 spiro atoms. The fourth-order valence-corrected chi connectivity index (χ4v) is 6.12. The fourth-order valence-electron chi connectivity index (χ4n) is 6.12. The van der Waals surface area contributed by atoms with Gasteiger partial charge in [0.05, 0.1) is 0 Å². The number of hydrogen-bond acceptors (Lipinski definition) is 11. The van der Waals surface area contributed by atoms with Gasteiger partial charge < -0.3 is 50.9 Å². The molecule has 0 aliphatic heterocycles. The normalized spacial score (nSPS) is 13.8. The summed E-state index contributed by atoms with van der Waals surface area (Å²) in [5.74, 6) is -5.72. The van der Waals surface area contributed by atoms with Crippen molar-refractivity contribution in [3.05, 3.63) is 94.1 Å². The molecule has 50 heavy (non-hydrogen) atoms. The average molecular weight is 684 g/mol. The number of aliphatic carboxylic acids is 1. The monoisotopic (exact) mass is 683 g/mol. The highest BCUT2D eigenvalue weighted by Crippen LogP contribution is 2.46. The second-order valence-electron chi connectivity index (χ2n) is 11.8. The summed E-state index contributed by atoms with van der Waals surface area (Å²) in [4.78, 5) is 25.3. The number of fused-ring (bicyclic) bond motifs is 3. The van der Waals surface area contributed by atoms with Crippen LogP contribution in [0.5, 0.6) is 40.2 Å². The molecule has 0 aromatic heterocycles. The predicted molar refractivity (Wildman–Crippen MR) is 185 cm³/mol. The Morgan fingerprint density at radius 1 is 0.760 bits per heavy atom. The lowest BCUT2D eigenvalue weighted by Crippen LogP contribution is -2.38. The number of hydrogen-bond donors (Lipinski definition) is 9. The standard InChI is InChI=1S/C38H37NO11/c1-2-39-19-27(22-11-13-29(41)30(42)17-22)37(38(48)49)50-34(46)14-12-21-16-32(44)31(43)15-20(21)9-10-23-18-33(45)36(47)26-7-3-5-24-25(35(23)26)6-4-8-28(24)40/h4,6,8-18,27,37,39-45,47H,2-3,5,7,19H2,1H3,(H,48,49). The van der Waals surface area contributed by atoms with Gasteiger partial charge in [0.15, 0.2) is 34.5 Å². The van der Waals surface area contributed by atoms with Crippen molar-refractivity contribution in [1.29, 1.82) is 0 Å². The molecule has 4 aromatic rings. The average Bonchev–Trinajstić information content (AvgIpc) is 3.28. The largest absolute Gasteiger partial charge is 0.508 e. The van der Waals surface area contributed by atoms with Crippen molar-refractivity contribution in [2.24, 2.45) is 0 Å². The van der Waals surface area contributed by atoms with Crippen molar-refractivity contribution >= 4 is 30.2 Å². The predicted octanol–water partition coefficient (Wildman–Crippen LogP) is 5.35. The van der Waals surface area contributed by atoms with Crippen LogP contribution in [0.4, 0.5) is 0 Å². The SMILES string of the molecule is CCNCC(c1ccc(O)c(O)c1)C(OC(=O)C=Cc1cc(O)c(O)cc1C=Cc1cc(O)c(O)c2c1-c1cccc(O)c1CCC2)C(=O)O. The number of benzene rings is 4. The molecular formula is C38H37NO11. The molecule has 0 saturated heterocycles. The van der Waals surface area contributed by atoms with Crippen LogP contribution in [-0.4, -0.2) is 72.0 Å². The van der Waals surface area contributed by atoms with Crippen LogP contribution in [0.1, 0.15) is 52.6 Å². The zero-order valence-corrected chi connectivity index (χ0v) is 27.0. The highest BCUT2D eigenvalue weighted by atomic mass is 16.6. The maximum absolute atomic E-state index is 13.0. The second-order valence-corrected chi connectivity index (χ2v) is 11.8. The van der Waals surface area contributed by atoms with E-state index in [9.17, 15) is 50.4 Å². The third kappa shape index (κ3) is 7.45. The van der Waals surface area contributed by atoms with Gasteiger partial charge in [-0.05, 0) is 102 Å². The zero-order chi connectivity index (χ0) is 36.1. The van der Waals surface area contributed by atoms with E-state index in [-0.39, 0.29) is 29.4 Å². The van der Waals surface area contributed by atoms with E-state index in [4.69, 9.17) is 4.74 Å². The first-order valence-electron chi connectivity index (χ1n) is 15.9. The molecule has 2 unspecified atom stereocenters. The number of carboxylic acid groups (broad SMARTS) is 1. The van der Waals surface area contributed by atoms with E-state index in [1.165, 1.54) is 42.5 Å². The summed E-state index contributed by atoms with van der Waals surface area (Å²) < 4.78 is 5.37. The van der Waals surface area contributed by atoms with E-state index < -0.39 is 47.0 Å². The first-order chi connectivity index (χ1) is 23.9. The molecule has 0 radical (unpaired) electrons. The summed E-state index contributed by atoms with van der Waals surface area (Å²) in [6.45, 7) is 2.35. The number of carbonyl (C=O) groups excluding carboxylic acids is 1. The van der Waals surface area contributed by atoms with Gasteiger partial charge in [-0.3, -0.25) is 0 Å². The van der Waals surface area contributed by atoms with Crippen LogP contribution in [0.3, 0.4) is 0 Å². The van der Waals surface area contributed by atoms with E-state index in [2.05, 4.69) is 5.32 Å². The Bertz CT molecular complexity index is 2000. The van der Waals surface area contributed by atoms with E-state index in [0.717, 1.165) is 6.08 Å². The summed E-state index contributed by atoms with van der Waals surface area (Å²) >= 11 is 0. The number of aromatic hydroxyl groups is 7. The summed E-state index contributed by atoms with van der Waals surface area (Å²) in [6, 6.07) is 12.7. The number of carbonyl (C=O) groups is 2. The van der Waals surface area contributed by atoms with Gasteiger partial charge in [0.1, 0.15) is 5.75 Å². The molecule has 5 rings (SSSR count). The van der Waals surface area contributed by atoms with Gasteiger partial charge in [-0.1, -0.05) is 37.3 Å². The van der Waals surface area contributed by atoms with E-state index in [1.54, 1.807) is 31.2 Å². The van der Waals surface area contributed by atoms with Crippen molar-refractivity contribution in [2.45, 2.75) is 38.2 Å². The third-order valence-electron chi connectivity index (χ3n) is 8.60. The first kappa shape index (κ1) is 35.2. The lowest BCUT2D eigenvalue weighted by atomic mass is 9.90. The molecule has 0 fully saturated rings. The summed E-state index contributed by atoms with van der Waals surface area (Å²) in [5.41, 5.74) is 3.84. The molecule has 0 amide bonds. The van der Waals surface area contributed by atoms with Gasteiger partial charge in [-0.15, -0.1) is 0 Å². The van der Waals surface area contributed by atoms with Crippen LogP contribution in [0.2, 0.25) is 0 Å². The first-order valence-corrected chi connectivity index (χ1v) is 15.9. The van der Waals surface area contributed by atoms with Gasteiger partial charge in [0.25, 0.3) is 0 Å². The Hall–Kier alpha value is -6.14. The molecule has 1 aliphatic carbocycles. The minimum absolute atomic E-state index is 0.0655. The van der Waals surface area contributed by atoms with Gasteiger partial charge >= 0.3 is 11.9 Å². The van der Waals surface area contributed by atoms with E-state index in [1.807, 2.05) is 6.07 Å². The van der Waals surface area contributed by atoms with Crippen LogP contribution in [0.15, 0.2) is 60.7 Å². The summed E-state index contributed by atoms with van der Waals surface area (Å²) in [5, 5.41) is 85.3. The Morgan fingerprint density at radius 2 is 1.40 bits per heavy atom. The zero-order valence-electron chi connectivity index (χ0n) is 27.0. The van der Waals surface area contributed by atoms with Gasteiger partial charge in [0, 0.05) is 29.7 Å². The second kappa shape index (κ2) is 15.0. The minimum atomic E-state index is -1.69. The molecule has 12 nitrogen and oxygen atoms in total. The molecule has 12 heteroatoms. The fraction of sp³-hybridized carbons (Fsp3) is 0.211. The summed E-state index contributed by atoms with van der Waals surface area (Å²) in [7, 11) is 0. The highest BCUT2D eigenvalue weighted by molar-refractivity contribution is 5.92. The number of phenols is 7. The number of esters is 1. The molecular weight excluding hydrogens is 646 g/mol.